The number of amides is 1. The van der Waals surface area contributed by atoms with Crippen molar-refractivity contribution in [1.82, 2.24) is 0 Å². The van der Waals surface area contributed by atoms with Crippen molar-refractivity contribution in [2.75, 3.05) is 0 Å². The average Bonchev–Trinajstić information content (AvgIpc) is 2.41. The molecule has 2 aromatic rings. The van der Waals surface area contributed by atoms with Gasteiger partial charge in [-0.3, -0.25) is 4.79 Å². The maximum atomic E-state index is 11.6. The van der Waals surface area contributed by atoms with E-state index in [2.05, 4.69) is 4.99 Å². The van der Waals surface area contributed by atoms with Crippen LogP contribution >= 0.6 is 0 Å². The Morgan fingerprint density at radius 1 is 0.889 bits per heavy atom. The number of nitrogens with zero attached hydrogens (tertiary/aromatic N) is 1. The first-order chi connectivity index (χ1) is 8.84. The Bertz CT molecular complexity index is 517. The third-order valence-electron chi connectivity index (χ3n) is 2.60. The number of carbonyl (C=O) groups excluding carboxylic acids is 1. The van der Waals surface area contributed by atoms with E-state index in [-0.39, 0.29) is 5.91 Å². The molecule has 0 bridgehead atoms. The zero-order chi connectivity index (χ0) is 12.6. The second-order valence-electron chi connectivity index (χ2n) is 4.06. The Balaban J connectivity index is 1.85. The van der Waals surface area contributed by atoms with E-state index in [1.54, 1.807) is 6.21 Å². The minimum Gasteiger partial charge on any atom is -0.272 e. The molecule has 0 spiro atoms. The van der Waals surface area contributed by atoms with Crippen LogP contribution in [0.5, 0.6) is 0 Å². The summed E-state index contributed by atoms with van der Waals surface area (Å²) in [7, 11) is 0. The molecule has 0 unspecified atom stereocenters. The molecule has 0 aromatic heterocycles. The Hall–Kier alpha value is -2.22. The van der Waals surface area contributed by atoms with E-state index in [9.17, 15) is 4.79 Å². The fourth-order valence-electron chi connectivity index (χ4n) is 1.68. The highest BCUT2D eigenvalue weighted by molar-refractivity contribution is 5.87. The van der Waals surface area contributed by atoms with Crippen molar-refractivity contribution in [3.05, 3.63) is 71.8 Å². The van der Waals surface area contributed by atoms with Gasteiger partial charge < -0.3 is 0 Å². The standard InChI is InChI=1S/C16H15NO/c18-16(13-15-9-5-2-6-10-15)17-12-11-14-7-3-1-4-8-14/h1-10,12H,11,13H2. The van der Waals surface area contributed by atoms with Gasteiger partial charge in [0.15, 0.2) is 0 Å². The van der Waals surface area contributed by atoms with Crippen LogP contribution in [-0.2, 0) is 17.6 Å². The molecule has 90 valence electrons. The third kappa shape index (κ3) is 3.98. The largest absolute Gasteiger partial charge is 0.272 e. The first-order valence-electron chi connectivity index (χ1n) is 5.98. The highest BCUT2D eigenvalue weighted by Gasteiger charge is 1.99. The lowest BCUT2D eigenvalue weighted by molar-refractivity contribution is -0.117. The molecule has 0 heterocycles. The van der Waals surface area contributed by atoms with Gasteiger partial charge in [0.05, 0.1) is 6.42 Å². The Morgan fingerprint density at radius 2 is 1.44 bits per heavy atom. The lowest BCUT2D eigenvalue weighted by atomic mass is 10.1. The van der Waals surface area contributed by atoms with Gasteiger partial charge in [-0.05, 0) is 11.1 Å². The van der Waals surface area contributed by atoms with Gasteiger partial charge in [-0.1, -0.05) is 60.7 Å². The van der Waals surface area contributed by atoms with Gasteiger partial charge in [0.1, 0.15) is 0 Å². The fraction of sp³-hybridized carbons (Fsp3) is 0.125. The second-order valence-corrected chi connectivity index (χ2v) is 4.06. The van der Waals surface area contributed by atoms with E-state index in [4.69, 9.17) is 0 Å². The molecule has 0 aliphatic carbocycles. The van der Waals surface area contributed by atoms with Crippen LogP contribution in [0.15, 0.2) is 65.7 Å². The van der Waals surface area contributed by atoms with E-state index in [1.807, 2.05) is 60.7 Å². The zero-order valence-corrected chi connectivity index (χ0v) is 10.1. The van der Waals surface area contributed by atoms with Crippen molar-refractivity contribution in [2.24, 2.45) is 4.99 Å². The van der Waals surface area contributed by atoms with E-state index in [1.165, 1.54) is 0 Å². The second kappa shape index (κ2) is 6.50. The molecule has 0 aliphatic rings. The maximum Gasteiger partial charge on any atom is 0.249 e. The normalized spacial score (nSPS) is 10.7. The van der Waals surface area contributed by atoms with Crippen LogP contribution in [0.3, 0.4) is 0 Å². The Labute approximate surface area is 107 Å². The predicted octanol–water partition coefficient (Wildman–Crippen LogP) is 3.07. The first-order valence-corrected chi connectivity index (χ1v) is 5.98. The smallest absolute Gasteiger partial charge is 0.249 e. The summed E-state index contributed by atoms with van der Waals surface area (Å²) in [5, 5.41) is 0. The van der Waals surface area contributed by atoms with Crippen LogP contribution < -0.4 is 0 Å². The summed E-state index contributed by atoms with van der Waals surface area (Å²) < 4.78 is 0. The number of carbonyl (C=O) groups is 1. The van der Waals surface area contributed by atoms with Gasteiger partial charge in [-0.15, -0.1) is 0 Å². The van der Waals surface area contributed by atoms with Crippen molar-refractivity contribution in [3.8, 4) is 0 Å². The monoisotopic (exact) mass is 237 g/mol. The molecular weight excluding hydrogens is 222 g/mol. The van der Waals surface area contributed by atoms with Gasteiger partial charge in [0, 0.05) is 12.6 Å². The van der Waals surface area contributed by atoms with Gasteiger partial charge in [-0.25, -0.2) is 4.99 Å². The number of benzene rings is 2. The number of rotatable bonds is 4. The molecule has 0 radical (unpaired) electrons. The van der Waals surface area contributed by atoms with Gasteiger partial charge >= 0.3 is 0 Å². The molecule has 0 saturated heterocycles. The molecule has 1 amide bonds. The molecule has 0 N–H and O–H groups in total. The van der Waals surface area contributed by atoms with Crippen molar-refractivity contribution in [2.45, 2.75) is 12.8 Å². The average molecular weight is 237 g/mol. The van der Waals surface area contributed by atoms with Crippen LogP contribution in [0, 0.1) is 0 Å². The van der Waals surface area contributed by atoms with E-state index in [0.717, 1.165) is 11.1 Å². The topological polar surface area (TPSA) is 29.4 Å². The summed E-state index contributed by atoms with van der Waals surface area (Å²) in [6, 6.07) is 19.6. The Morgan fingerprint density at radius 3 is 2.06 bits per heavy atom. The maximum absolute atomic E-state index is 11.6. The van der Waals surface area contributed by atoms with E-state index >= 15 is 0 Å². The van der Waals surface area contributed by atoms with E-state index < -0.39 is 0 Å². The molecule has 2 heteroatoms. The van der Waals surface area contributed by atoms with Crippen molar-refractivity contribution in [1.29, 1.82) is 0 Å². The molecule has 0 atom stereocenters. The van der Waals surface area contributed by atoms with Crippen LogP contribution in [0.4, 0.5) is 0 Å². The lowest BCUT2D eigenvalue weighted by Crippen LogP contribution is -1.99. The minimum absolute atomic E-state index is 0.0999. The summed E-state index contributed by atoms with van der Waals surface area (Å²) >= 11 is 0. The number of hydrogen-bond acceptors (Lipinski definition) is 1. The van der Waals surface area contributed by atoms with Gasteiger partial charge in [-0.2, -0.15) is 0 Å². The number of aliphatic imine (C=N–C) groups is 1. The lowest BCUT2D eigenvalue weighted by Gasteiger charge is -1.96. The van der Waals surface area contributed by atoms with Crippen molar-refractivity contribution < 1.29 is 4.79 Å². The first kappa shape index (κ1) is 12.2. The van der Waals surface area contributed by atoms with Gasteiger partial charge in [0.25, 0.3) is 0 Å². The molecule has 2 rings (SSSR count). The zero-order valence-electron chi connectivity index (χ0n) is 10.1. The van der Waals surface area contributed by atoms with E-state index in [0.29, 0.717) is 12.8 Å². The van der Waals surface area contributed by atoms with Crippen molar-refractivity contribution >= 4 is 12.1 Å². The Kier molecular flexibility index (Phi) is 4.42. The molecule has 0 saturated carbocycles. The molecule has 2 aromatic carbocycles. The molecule has 0 fully saturated rings. The highest BCUT2D eigenvalue weighted by atomic mass is 16.1. The predicted molar refractivity (Wildman–Crippen MR) is 73.8 cm³/mol. The summed E-state index contributed by atoms with van der Waals surface area (Å²) in [4.78, 5) is 15.6. The van der Waals surface area contributed by atoms with Crippen LogP contribution in [-0.4, -0.2) is 12.1 Å². The van der Waals surface area contributed by atoms with Gasteiger partial charge in [0.2, 0.25) is 5.91 Å². The fourth-order valence-corrected chi connectivity index (χ4v) is 1.68. The summed E-state index contributed by atoms with van der Waals surface area (Å²) in [6.45, 7) is 0. The SMILES string of the molecule is O=C(Cc1ccccc1)N=CCc1ccccc1. The summed E-state index contributed by atoms with van der Waals surface area (Å²) in [6.07, 6.45) is 2.74. The molecular formula is C16H15NO. The molecule has 0 aliphatic heterocycles. The number of hydrogen-bond donors (Lipinski definition) is 0. The van der Waals surface area contributed by atoms with Crippen LogP contribution in [0.25, 0.3) is 0 Å². The molecule has 2 nitrogen and oxygen atoms in total. The summed E-state index contributed by atoms with van der Waals surface area (Å²) in [5.74, 6) is -0.0999. The van der Waals surface area contributed by atoms with Crippen LogP contribution in [0.2, 0.25) is 0 Å². The summed E-state index contributed by atoms with van der Waals surface area (Å²) in [5.41, 5.74) is 2.16. The highest BCUT2D eigenvalue weighted by Crippen LogP contribution is 2.01. The van der Waals surface area contributed by atoms with Crippen molar-refractivity contribution in [3.63, 3.8) is 0 Å². The quantitative estimate of drug-likeness (QED) is 0.751. The molecule has 18 heavy (non-hydrogen) atoms. The third-order valence-corrected chi connectivity index (χ3v) is 2.60. The minimum atomic E-state index is -0.0999. The van der Waals surface area contributed by atoms with Crippen LogP contribution in [0.1, 0.15) is 11.1 Å².